The third-order valence-electron chi connectivity index (χ3n) is 4.23. The fourth-order valence-electron chi connectivity index (χ4n) is 2.79. The van der Waals surface area contributed by atoms with E-state index in [-0.39, 0.29) is 17.4 Å². The third-order valence-corrected chi connectivity index (χ3v) is 4.23. The Hall–Kier alpha value is -1.10. The first-order chi connectivity index (χ1) is 8.58. The molecule has 2 N–H and O–H groups in total. The molecular weight excluding hydrogens is 234 g/mol. The van der Waals surface area contributed by atoms with Crippen LogP contribution >= 0.6 is 0 Å². The number of nitrogens with one attached hydrogen (secondary N) is 1. The first kappa shape index (κ1) is 13.3. The molecule has 0 saturated heterocycles. The van der Waals surface area contributed by atoms with Gasteiger partial charge in [0.1, 0.15) is 0 Å². The van der Waals surface area contributed by atoms with Crippen LogP contribution in [0, 0.1) is 11.8 Å². The molecule has 0 aromatic heterocycles. The molecule has 2 aliphatic rings. The van der Waals surface area contributed by atoms with Crippen LogP contribution in [0.3, 0.4) is 0 Å². The van der Waals surface area contributed by atoms with Crippen molar-refractivity contribution in [1.29, 1.82) is 0 Å². The summed E-state index contributed by atoms with van der Waals surface area (Å²) in [6.45, 7) is 0.505. The zero-order chi connectivity index (χ0) is 13.2. The lowest BCUT2D eigenvalue weighted by Crippen LogP contribution is -2.46. The molecule has 2 fully saturated rings. The van der Waals surface area contributed by atoms with Gasteiger partial charge in [0.2, 0.25) is 5.91 Å². The van der Waals surface area contributed by atoms with Gasteiger partial charge in [0.05, 0.1) is 17.4 Å². The first-order valence-electron chi connectivity index (χ1n) is 6.64. The number of carbonyl (C=O) groups is 2. The lowest BCUT2D eigenvalue weighted by Gasteiger charge is -2.36. The molecule has 1 amide bonds. The number of carbonyl (C=O) groups excluding carboxylic acids is 1. The molecule has 2 rings (SSSR count). The number of hydrogen-bond donors (Lipinski definition) is 2. The van der Waals surface area contributed by atoms with Crippen LogP contribution in [0.25, 0.3) is 0 Å². The molecule has 2 unspecified atom stereocenters. The van der Waals surface area contributed by atoms with Gasteiger partial charge in [0.15, 0.2) is 0 Å². The van der Waals surface area contributed by atoms with Crippen molar-refractivity contribution in [2.75, 3.05) is 13.7 Å². The quantitative estimate of drug-likeness (QED) is 0.773. The van der Waals surface area contributed by atoms with E-state index < -0.39 is 11.9 Å². The zero-order valence-corrected chi connectivity index (χ0v) is 10.8. The minimum Gasteiger partial charge on any atom is -0.481 e. The van der Waals surface area contributed by atoms with E-state index in [1.165, 1.54) is 6.42 Å². The molecule has 0 spiro atoms. The summed E-state index contributed by atoms with van der Waals surface area (Å²) in [4.78, 5) is 22.5. The highest BCUT2D eigenvalue weighted by Gasteiger charge is 2.48. The molecule has 0 aliphatic heterocycles. The van der Waals surface area contributed by atoms with Gasteiger partial charge in [-0.2, -0.15) is 0 Å². The highest BCUT2D eigenvalue weighted by molar-refractivity contribution is 5.89. The topological polar surface area (TPSA) is 75.6 Å². The maximum Gasteiger partial charge on any atom is 0.307 e. The van der Waals surface area contributed by atoms with Gasteiger partial charge in [-0.1, -0.05) is 19.3 Å². The largest absolute Gasteiger partial charge is 0.481 e. The van der Waals surface area contributed by atoms with Crippen LogP contribution in [-0.2, 0) is 14.3 Å². The Bertz CT molecular complexity index is 336. The number of amides is 1. The monoisotopic (exact) mass is 255 g/mol. The highest BCUT2D eigenvalue weighted by atomic mass is 16.5. The summed E-state index contributed by atoms with van der Waals surface area (Å²) in [6, 6.07) is 0. The maximum atomic E-state index is 11.8. The van der Waals surface area contributed by atoms with Gasteiger partial charge in [-0.15, -0.1) is 0 Å². The molecule has 0 radical (unpaired) electrons. The SMILES string of the molecule is COC1(CNC(=O)C2CC2C(=O)O)CCCCC1. The lowest BCUT2D eigenvalue weighted by molar-refractivity contribution is -0.140. The van der Waals surface area contributed by atoms with Crippen molar-refractivity contribution in [2.24, 2.45) is 11.8 Å². The first-order valence-corrected chi connectivity index (χ1v) is 6.64. The van der Waals surface area contributed by atoms with Crippen LogP contribution in [0.5, 0.6) is 0 Å². The van der Waals surface area contributed by atoms with Crippen LogP contribution in [0.4, 0.5) is 0 Å². The standard InChI is InChI=1S/C13H21NO4/c1-18-13(5-3-2-4-6-13)8-14-11(15)9-7-10(9)12(16)17/h9-10H,2-8H2,1H3,(H,14,15)(H,16,17). The number of hydrogen-bond acceptors (Lipinski definition) is 3. The van der Waals surface area contributed by atoms with Gasteiger partial charge < -0.3 is 15.2 Å². The van der Waals surface area contributed by atoms with Crippen LogP contribution in [0.15, 0.2) is 0 Å². The average molecular weight is 255 g/mol. The van der Waals surface area contributed by atoms with E-state index in [1.807, 2.05) is 0 Å². The van der Waals surface area contributed by atoms with E-state index in [1.54, 1.807) is 7.11 Å². The van der Waals surface area contributed by atoms with Gasteiger partial charge in [0, 0.05) is 13.7 Å². The second-order valence-electron chi connectivity index (χ2n) is 5.45. The fourth-order valence-corrected chi connectivity index (χ4v) is 2.79. The molecule has 2 saturated carbocycles. The molecule has 0 aromatic rings. The minimum absolute atomic E-state index is 0.135. The third kappa shape index (κ3) is 2.83. The molecule has 5 nitrogen and oxygen atoms in total. The van der Waals surface area contributed by atoms with Crippen molar-refractivity contribution in [3.8, 4) is 0 Å². The molecule has 2 atom stereocenters. The van der Waals surface area contributed by atoms with Gasteiger partial charge in [0.25, 0.3) is 0 Å². The lowest BCUT2D eigenvalue weighted by atomic mass is 9.84. The summed E-state index contributed by atoms with van der Waals surface area (Å²) in [7, 11) is 1.69. The zero-order valence-electron chi connectivity index (χ0n) is 10.8. The van der Waals surface area contributed by atoms with Gasteiger partial charge in [-0.3, -0.25) is 9.59 Å². The summed E-state index contributed by atoms with van der Waals surface area (Å²) >= 11 is 0. The van der Waals surface area contributed by atoms with Crippen LogP contribution in [0.1, 0.15) is 38.5 Å². The van der Waals surface area contributed by atoms with Crippen molar-refractivity contribution >= 4 is 11.9 Å². The summed E-state index contributed by atoms with van der Waals surface area (Å²) in [5.41, 5.74) is -0.235. The van der Waals surface area contributed by atoms with Crippen molar-refractivity contribution in [1.82, 2.24) is 5.32 Å². The van der Waals surface area contributed by atoms with Crippen molar-refractivity contribution in [2.45, 2.75) is 44.1 Å². The number of rotatable bonds is 5. The molecule has 2 aliphatic carbocycles. The van der Waals surface area contributed by atoms with E-state index in [4.69, 9.17) is 9.84 Å². The molecule has 102 valence electrons. The highest BCUT2D eigenvalue weighted by Crippen LogP contribution is 2.39. The van der Waals surface area contributed by atoms with Crippen molar-refractivity contribution in [3.05, 3.63) is 0 Å². The molecule has 0 aromatic carbocycles. The normalized spacial score (nSPS) is 29.6. The predicted octanol–water partition coefficient (Wildman–Crippen LogP) is 1.17. The predicted molar refractivity (Wildman–Crippen MR) is 65.1 cm³/mol. The van der Waals surface area contributed by atoms with Crippen LogP contribution in [-0.4, -0.2) is 36.2 Å². The fraction of sp³-hybridized carbons (Fsp3) is 0.846. The smallest absolute Gasteiger partial charge is 0.307 e. The number of carboxylic acid groups (broad SMARTS) is 1. The number of aliphatic carboxylic acids is 1. The second kappa shape index (κ2) is 5.26. The van der Waals surface area contributed by atoms with E-state index in [0.717, 1.165) is 25.7 Å². The maximum absolute atomic E-state index is 11.8. The molecule has 0 heterocycles. The minimum atomic E-state index is -0.866. The number of methoxy groups -OCH3 is 1. The molecular formula is C13H21NO4. The average Bonchev–Trinajstić information content (AvgIpc) is 3.17. The Labute approximate surface area is 107 Å². The Balaban J connectivity index is 1.80. The van der Waals surface area contributed by atoms with Crippen LogP contribution < -0.4 is 5.32 Å². The van der Waals surface area contributed by atoms with Crippen LogP contribution in [0.2, 0.25) is 0 Å². The summed E-state index contributed by atoms with van der Waals surface area (Å²) in [6.07, 6.45) is 5.90. The Morgan fingerprint density at radius 3 is 2.44 bits per heavy atom. The van der Waals surface area contributed by atoms with E-state index in [2.05, 4.69) is 5.32 Å². The Kier molecular flexibility index (Phi) is 3.90. The summed E-state index contributed by atoms with van der Waals surface area (Å²) in [5.74, 6) is -1.81. The van der Waals surface area contributed by atoms with E-state index in [0.29, 0.717) is 13.0 Å². The molecule has 0 bridgehead atoms. The second-order valence-corrected chi connectivity index (χ2v) is 5.45. The Morgan fingerprint density at radius 2 is 1.94 bits per heavy atom. The number of ether oxygens (including phenoxy) is 1. The van der Waals surface area contributed by atoms with E-state index in [9.17, 15) is 9.59 Å². The van der Waals surface area contributed by atoms with Crippen molar-refractivity contribution < 1.29 is 19.4 Å². The summed E-state index contributed by atoms with van der Waals surface area (Å²) in [5, 5.41) is 11.6. The summed E-state index contributed by atoms with van der Waals surface area (Å²) < 4.78 is 5.57. The van der Waals surface area contributed by atoms with Gasteiger partial charge >= 0.3 is 5.97 Å². The van der Waals surface area contributed by atoms with E-state index >= 15 is 0 Å². The van der Waals surface area contributed by atoms with Gasteiger partial charge in [-0.25, -0.2) is 0 Å². The Morgan fingerprint density at radius 1 is 1.28 bits per heavy atom. The molecule has 18 heavy (non-hydrogen) atoms. The number of carboxylic acids is 1. The van der Waals surface area contributed by atoms with Gasteiger partial charge in [-0.05, 0) is 19.3 Å². The molecule has 5 heteroatoms. The van der Waals surface area contributed by atoms with Crippen molar-refractivity contribution in [3.63, 3.8) is 0 Å².